The third kappa shape index (κ3) is 2.36. The second-order valence-corrected chi connectivity index (χ2v) is 4.22. The number of hydrogen-bond acceptors (Lipinski definition) is 2. The summed E-state index contributed by atoms with van der Waals surface area (Å²) in [6, 6.07) is 3.85. The minimum atomic E-state index is -2.23. The van der Waals surface area contributed by atoms with Gasteiger partial charge in [-0.1, -0.05) is 11.6 Å². The fraction of sp³-hybridized carbons (Fsp3) is 0. The molecule has 0 atom stereocenters. The highest BCUT2D eigenvalue weighted by Gasteiger charge is 2.26. The standard InChI is InChI=1S/C12H6ClF5N2/c13-5-3-4(19)1-2-6(5)20-12-10(17)8(15)7(14)9(16)11(12)18/h1-3,20H,19H2. The molecule has 2 nitrogen and oxygen atoms in total. The first-order chi connectivity index (χ1) is 9.32. The summed E-state index contributed by atoms with van der Waals surface area (Å²) < 4.78 is 65.8. The van der Waals surface area contributed by atoms with E-state index in [0.29, 0.717) is 0 Å². The third-order valence-corrected chi connectivity index (χ3v) is 2.78. The Labute approximate surface area is 115 Å². The van der Waals surface area contributed by atoms with Gasteiger partial charge in [-0.05, 0) is 18.2 Å². The van der Waals surface area contributed by atoms with Gasteiger partial charge in [0.2, 0.25) is 5.82 Å². The average molecular weight is 309 g/mol. The molecule has 0 saturated carbocycles. The van der Waals surface area contributed by atoms with Gasteiger partial charge < -0.3 is 11.1 Å². The summed E-state index contributed by atoms with van der Waals surface area (Å²) in [7, 11) is 0. The molecule has 2 rings (SSSR count). The van der Waals surface area contributed by atoms with Crippen molar-refractivity contribution in [2.24, 2.45) is 0 Å². The normalized spacial score (nSPS) is 10.7. The zero-order valence-electron chi connectivity index (χ0n) is 9.58. The highest BCUT2D eigenvalue weighted by molar-refractivity contribution is 6.33. The van der Waals surface area contributed by atoms with Crippen LogP contribution in [0.5, 0.6) is 0 Å². The van der Waals surface area contributed by atoms with E-state index in [-0.39, 0.29) is 16.4 Å². The molecule has 0 radical (unpaired) electrons. The molecule has 8 heteroatoms. The molecule has 2 aromatic carbocycles. The number of nitrogens with one attached hydrogen (secondary N) is 1. The van der Waals surface area contributed by atoms with Crippen molar-refractivity contribution in [1.29, 1.82) is 0 Å². The lowest BCUT2D eigenvalue weighted by molar-refractivity contribution is 0.382. The number of nitrogens with two attached hydrogens (primary N) is 1. The molecular weight excluding hydrogens is 303 g/mol. The number of rotatable bonds is 2. The van der Waals surface area contributed by atoms with Gasteiger partial charge in [0.15, 0.2) is 23.3 Å². The van der Waals surface area contributed by atoms with E-state index in [2.05, 4.69) is 5.32 Å². The van der Waals surface area contributed by atoms with Crippen molar-refractivity contribution in [3.63, 3.8) is 0 Å². The van der Waals surface area contributed by atoms with Crippen molar-refractivity contribution in [2.75, 3.05) is 11.1 Å². The molecule has 0 fully saturated rings. The zero-order chi connectivity index (χ0) is 15.0. The lowest BCUT2D eigenvalue weighted by Crippen LogP contribution is -2.07. The quantitative estimate of drug-likeness (QED) is 0.374. The molecule has 106 valence electrons. The van der Waals surface area contributed by atoms with Gasteiger partial charge >= 0.3 is 0 Å². The molecule has 0 aliphatic carbocycles. The highest BCUT2D eigenvalue weighted by Crippen LogP contribution is 2.32. The lowest BCUT2D eigenvalue weighted by atomic mass is 10.2. The number of hydrogen-bond donors (Lipinski definition) is 2. The molecule has 0 aliphatic heterocycles. The van der Waals surface area contributed by atoms with E-state index in [0.717, 1.165) is 0 Å². The van der Waals surface area contributed by atoms with Crippen LogP contribution in [0, 0.1) is 29.1 Å². The van der Waals surface area contributed by atoms with Crippen molar-refractivity contribution >= 4 is 28.7 Å². The maximum atomic E-state index is 13.4. The Morgan fingerprint density at radius 1 is 0.850 bits per heavy atom. The van der Waals surface area contributed by atoms with Crippen LogP contribution in [-0.4, -0.2) is 0 Å². The van der Waals surface area contributed by atoms with Crippen LogP contribution in [0.1, 0.15) is 0 Å². The Kier molecular flexibility index (Phi) is 3.71. The molecule has 0 aliphatic rings. The average Bonchev–Trinajstić information content (AvgIpc) is 2.41. The molecule has 0 unspecified atom stereocenters. The van der Waals surface area contributed by atoms with Crippen LogP contribution in [0.2, 0.25) is 5.02 Å². The molecule has 0 heterocycles. The predicted molar refractivity (Wildman–Crippen MR) is 65.4 cm³/mol. The third-order valence-electron chi connectivity index (χ3n) is 2.46. The number of anilines is 3. The maximum absolute atomic E-state index is 13.4. The van der Waals surface area contributed by atoms with Gasteiger partial charge in [-0.2, -0.15) is 0 Å². The van der Waals surface area contributed by atoms with E-state index in [1.54, 1.807) is 0 Å². The highest BCUT2D eigenvalue weighted by atomic mass is 35.5. The predicted octanol–water partition coefficient (Wildman–Crippen LogP) is 4.36. The number of halogens is 6. The summed E-state index contributed by atoms with van der Waals surface area (Å²) in [5.41, 5.74) is 4.46. The van der Waals surface area contributed by atoms with Gasteiger partial charge in [-0.15, -0.1) is 0 Å². The van der Waals surface area contributed by atoms with E-state index in [1.165, 1.54) is 18.2 Å². The molecule has 3 N–H and O–H groups in total. The Morgan fingerprint density at radius 3 is 1.85 bits per heavy atom. The van der Waals surface area contributed by atoms with Crippen molar-refractivity contribution in [2.45, 2.75) is 0 Å². The first kappa shape index (κ1) is 14.4. The van der Waals surface area contributed by atoms with Gasteiger partial charge in [0, 0.05) is 5.69 Å². The zero-order valence-corrected chi connectivity index (χ0v) is 10.3. The molecule has 20 heavy (non-hydrogen) atoms. The lowest BCUT2D eigenvalue weighted by Gasteiger charge is -2.12. The molecule has 0 saturated heterocycles. The Balaban J connectivity index is 2.54. The SMILES string of the molecule is Nc1ccc(Nc2c(F)c(F)c(F)c(F)c2F)c(Cl)c1. The largest absolute Gasteiger partial charge is 0.399 e. The van der Waals surface area contributed by atoms with Crippen LogP contribution in [0.4, 0.5) is 39.0 Å². The van der Waals surface area contributed by atoms with Crippen molar-refractivity contribution < 1.29 is 22.0 Å². The summed E-state index contributed by atoms with van der Waals surface area (Å²) in [5, 5.41) is 2.03. The molecule has 0 bridgehead atoms. The first-order valence-electron chi connectivity index (χ1n) is 5.16. The van der Waals surface area contributed by atoms with Crippen LogP contribution in [-0.2, 0) is 0 Å². The van der Waals surface area contributed by atoms with Crippen molar-refractivity contribution in [3.05, 3.63) is 52.3 Å². The Bertz CT molecular complexity index is 661. The van der Waals surface area contributed by atoms with E-state index in [4.69, 9.17) is 17.3 Å². The summed E-state index contributed by atoms with van der Waals surface area (Å²) in [4.78, 5) is 0. The molecule has 0 aromatic heterocycles. The minimum Gasteiger partial charge on any atom is -0.399 e. The van der Waals surface area contributed by atoms with Gasteiger partial charge in [-0.25, -0.2) is 22.0 Å². The second kappa shape index (κ2) is 5.16. The number of benzene rings is 2. The van der Waals surface area contributed by atoms with Gasteiger partial charge in [0.25, 0.3) is 0 Å². The van der Waals surface area contributed by atoms with Crippen LogP contribution in [0.25, 0.3) is 0 Å². The molecular formula is C12H6ClF5N2. The van der Waals surface area contributed by atoms with E-state index in [1.807, 2.05) is 0 Å². The van der Waals surface area contributed by atoms with Gasteiger partial charge in [0.1, 0.15) is 5.69 Å². The van der Waals surface area contributed by atoms with Crippen molar-refractivity contribution in [1.82, 2.24) is 0 Å². The molecule has 0 amide bonds. The Morgan fingerprint density at radius 2 is 1.35 bits per heavy atom. The smallest absolute Gasteiger partial charge is 0.200 e. The topological polar surface area (TPSA) is 38.0 Å². The monoisotopic (exact) mass is 308 g/mol. The fourth-order valence-electron chi connectivity index (χ4n) is 1.48. The van der Waals surface area contributed by atoms with Crippen LogP contribution >= 0.6 is 11.6 Å². The number of nitrogen functional groups attached to an aromatic ring is 1. The summed E-state index contributed by atoms with van der Waals surface area (Å²) >= 11 is 5.75. The summed E-state index contributed by atoms with van der Waals surface area (Å²) in [6.07, 6.45) is 0. The van der Waals surface area contributed by atoms with Gasteiger partial charge in [0.05, 0.1) is 10.7 Å². The summed E-state index contributed by atoms with van der Waals surface area (Å²) in [6.45, 7) is 0. The fourth-order valence-corrected chi connectivity index (χ4v) is 1.72. The molecule has 0 spiro atoms. The summed E-state index contributed by atoms with van der Waals surface area (Å²) in [5.74, 6) is -10.3. The van der Waals surface area contributed by atoms with Crippen LogP contribution in [0.3, 0.4) is 0 Å². The minimum absolute atomic E-state index is 0.0334. The Hall–Kier alpha value is -2.02. The van der Waals surface area contributed by atoms with E-state index < -0.39 is 34.8 Å². The maximum Gasteiger partial charge on any atom is 0.200 e. The first-order valence-corrected chi connectivity index (χ1v) is 5.54. The van der Waals surface area contributed by atoms with Crippen molar-refractivity contribution in [3.8, 4) is 0 Å². The van der Waals surface area contributed by atoms with E-state index in [9.17, 15) is 22.0 Å². The van der Waals surface area contributed by atoms with E-state index >= 15 is 0 Å². The van der Waals surface area contributed by atoms with Crippen LogP contribution < -0.4 is 11.1 Å². The molecule has 2 aromatic rings. The van der Waals surface area contributed by atoms with Gasteiger partial charge in [-0.3, -0.25) is 0 Å². The van der Waals surface area contributed by atoms with Crippen LogP contribution in [0.15, 0.2) is 18.2 Å². The second-order valence-electron chi connectivity index (χ2n) is 3.81.